The summed E-state index contributed by atoms with van der Waals surface area (Å²) in [4.78, 5) is 12.1. The zero-order valence-electron chi connectivity index (χ0n) is 13.0. The molecule has 0 aliphatic heterocycles. The first-order chi connectivity index (χ1) is 11.7. The third kappa shape index (κ3) is 3.66. The van der Waals surface area contributed by atoms with Crippen LogP contribution in [-0.2, 0) is 17.6 Å². The van der Waals surface area contributed by atoms with Crippen molar-refractivity contribution in [3.05, 3.63) is 71.7 Å². The van der Waals surface area contributed by atoms with Crippen molar-refractivity contribution in [1.29, 1.82) is 0 Å². The van der Waals surface area contributed by atoms with E-state index in [2.05, 4.69) is 5.32 Å². The number of fused-ring (bicyclic) bond motifs is 1. The molecular weight excluding hydrogens is 308 g/mol. The molecule has 0 fully saturated rings. The maximum absolute atomic E-state index is 13.7. The Hall–Kier alpha value is -2.60. The van der Waals surface area contributed by atoms with Gasteiger partial charge in [0, 0.05) is 11.3 Å². The second kappa shape index (κ2) is 7.32. The maximum Gasteiger partial charge on any atom is 0.293 e. The number of hydrogen-bond acceptors (Lipinski definition) is 3. The first kappa shape index (κ1) is 16.3. The molecule has 1 unspecified atom stereocenters. The lowest BCUT2D eigenvalue weighted by Crippen LogP contribution is -2.41. The fourth-order valence-electron chi connectivity index (χ4n) is 2.72. The monoisotopic (exact) mass is 325 g/mol. The van der Waals surface area contributed by atoms with Crippen LogP contribution < -0.4 is 5.32 Å². The van der Waals surface area contributed by atoms with Crippen LogP contribution in [0.3, 0.4) is 0 Å². The lowest BCUT2D eigenvalue weighted by Gasteiger charge is -2.15. The van der Waals surface area contributed by atoms with Crippen LogP contribution in [0.2, 0.25) is 0 Å². The Labute approximate surface area is 139 Å². The van der Waals surface area contributed by atoms with E-state index in [-0.39, 0.29) is 25.4 Å². The molecule has 1 atom stereocenters. The average molecular weight is 325 g/mol. The summed E-state index contributed by atoms with van der Waals surface area (Å²) in [6.07, 6.45) is 2.09. The molecule has 24 heavy (non-hydrogen) atoms. The molecule has 0 radical (unpaired) electrons. The van der Waals surface area contributed by atoms with Gasteiger partial charge in [-0.1, -0.05) is 42.5 Å². The van der Waals surface area contributed by atoms with E-state index < -0.39 is 11.8 Å². The Morgan fingerprint density at radius 2 is 2.00 bits per heavy atom. The van der Waals surface area contributed by atoms with Gasteiger partial charge in [0.2, 0.25) is 5.91 Å². The molecule has 0 aliphatic rings. The van der Waals surface area contributed by atoms with Crippen molar-refractivity contribution in [1.82, 2.24) is 5.32 Å². The van der Waals surface area contributed by atoms with Gasteiger partial charge in [0.15, 0.2) is 11.4 Å². The number of carbonyl (C=O) groups is 1. The normalized spacial score (nSPS) is 12.1. The molecule has 6 heteroatoms. The van der Waals surface area contributed by atoms with Crippen molar-refractivity contribution in [2.75, 3.05) is 0 Å². The standard InChI is InChI=1S/C18H17BFNO3/c20-15-8-4-7-14-13(11-24-18(14)15)10-16(19-23)21-17(22)9-12-5-2-1-3-6-12/h1-8,11,16,19,23H,9-10H2,(H,21,22). The summed E-state index contributed by atoms with van der Waals surface area (Å²) in [5.74, 6) is -1.04. The van der Waals surface area contributed by atoms with Crippen molar-refractivity contribution in [3.63, 3.8) is 0 Å². The smallest absolute Gasteiger partial charge is 0.293 e. The van der Waals surface area contributed by atoms with Crippen molar-refractivity contribution in [2.45, 2.75) is 18.8 Å². The SMILES string of the molecule is O=C(Cc1ccccc1)NC(BO)Cc1coc2c(F)cccc12. The number of halogens is 1. The van der Waals surface area contributed by atoms with Crippen molar-refractivity contribution in [2.24, 2.45) is 0 Å². The van der Waals surface area contributed by atoms with Crippen LogP contribution in [-0.4, -0.2) is 24.4 Å². The van der Waals surface area contributed by atoms with Gasteiger partial charge >= 0.3 is 0 Å². The number of rotatable bonds is 6. The van der Waals surface area contributed by atoms with Gasteiger partial charge < -0.3 is 14.8 Å². The summed E-state index contributed by atoms with van der Waals surface area (Å²) in [6.45, 7) is 0. The predicted molar refractivity (Wildman–Crippen MR) is 91.3 cm³/mol. The fraction of sp³-hybridized carbons (Fsp3) is 0.167. The summed E-state index contributed by atoms with van der Waals surface area (Å²) in [7, 11) is -0.206. The van der Waals surface area contributed by atoms with Gasteiger partial charge in [0.25, 0.3) is 7.48 Å². The minimum Gasteiger partial charge on any atom is -0.461 e. The lowest BCUT2D eigenvalue weighted by atomic mass is 9.83. The summed E-state index contributed by atoms with van der Waals surface area (Å²) >= 11 is 0. The molecule has 1 heterocycles. The van der Waals surface area contributed by atoms with Gasteiger partial charge in [0.1, 0.15) is 0 Å². The number of hydrogen-bond donors (Lipinski definition) is 2. The zero-order valence-corrected chi connectivity index (χ0v) is 13.0. The second-order valence-electron chi connectivity index (χ2n) is 5.69. The number of para-hydroxylation sites is 1. The van der Waals surface area contributed by atoms with Gasteiger partial charge in [-0.2, -0.15) is 0 Å². The molecular formula is C18H17BFNO3. The average Bonchev–Trinajstić information content (AvgIpc) is 2.99. The Kier molecular flexibility index (Phi) is 4.96. The Balaban J connectivity index is 1.68. The van der Waals surface area contributed by atoms with Crippen LogP contribution in [0.25, 0.3) is 11.0 Å². The van der Waals surface area contributed by atoms with Gasteiger partial charge in [-0.3, -0.25) is 4.79 Å². The van der Waals surface area contributed by atoms with Crippen LogP contribution in [0.1, 0.15) is 11.1 Å². The molecule has 3 rings (SSSR count). The van der Waals surface area contributed by atoms with E-state index >= 15 is 0 Å². The molecule has 3 aromatic rings. The molecule has 0 bridgehead atoms. The van der Waals surface area contributed by atoms with Crippen LogP contribution in [0.5, 0.6) is 0 Å². The van der Waals surface area contributed by atoms with E-state index in [1.807, 2.05) is 30.3 Å². The fourth-order valence-corrected chi connectivity index (χ4v) is 2.72. The molecule has 2 aromatic carbocycles. The minimum atomic E-state index is -0.453. The van der Waals surface area contributed by atoms with Gasteiger partial charge in [-0.25, -0.2) is 4.39 Å². The zero-order chi connectivity index (χ0) is 16.9. The highest BCUT2D eigenvalue weighted by atomic mass is 19.1. The lowest BCUT2D eigenvalue weighted by molar-refractivity contribution is -0.120. The molecule has 4 nitrogen and oxygen atoms in total. The van der Waals surface area contributed by atoms with E-state index in [4.69, 9.17) is 4.42 Å². The predicted octanol–water partition coefficient (Wildman–Crippen LogP) is 2.14. The van der Waals surface area contributed by atoms with Crippen LogP contribution in [0, 0.1) is 5.82 Å². The number of nitrogens with one attached hydrogen (secondary N) is 1. The summed E-state index contributed by atoms with van der Waals surface area (Å²) < 4.78 is 18.9. The minimum absolute atomic E-state index is 0.167. The molecule has 1 amide bonds. The quantitative estimate of drug-likeness (QED) is 0.683. The van der Waals surface area contributed by atoms with E-state index in [0.29, 0.717) is 11.8 Å². The summed E-state index contributed by atoms with van der Waals surface area (Å²) in [6, 6.07) is 14.1. The van der Waals surface area contributed by atoms with Crippen molar-refractivity contribution in [3.8, 4) is 0 Å². The third-order valence-corrected chi connectivity index (χ3v) is 3.89. The van der Waals surface area contributed by atoms with E-state index in [1.54, 1.807) is 12.1 Å². The van der Waals surface area contributed by atoms with E-state index in [1.165, 1.54) is 12.3 Å². The van der Waals surface area contributed by atoms with Crippen molar-refractivity contribution >= 4 is 24.4 Å². The topological polar surface area (TPSA) is 62.5 Å². The molecule has 122 valence electrons. The molecule has 0 aliphatic carbocycles. The molecule has 0 saturated carbocycles. The van der Waals surface area contributed by atoms with Crippen LogP contribution in [0.15, 0.2) is 59.2 Å². The number of carbonyl (C=O) groups excluding carboxylic acids is 1. The van der Waals surface area contributed by atoms with Gasteiger partial charge in [0.05, 0.1) is 12.7 Å². The Morgan fingerprint density at radius 3 is 2.75 bits per heavy atom. The van der Waals surface area contributed by atoms with E-state index in [0.717, 1.165) is 11.1 Å². The van der Waals surface area contributed by atoms with Gasteiger partial charge in [-0.05, 0) is 23.6 Å². The Morgan fingerprint density at radius 1 is 1.21 bits per heavy atom. The second-order valence-corrected chi connectivity index (χ2v) is 5.69. The largest absolute Gasteiger partial charge is 0.461 e. The highest BCUT2D eigenvalue weighted by Gasteiger charge is 2.18. The summed E-state index contributed by atoms with van der Waals surface area (Å²) in [5, 5.41) is 13.0. The van der Waals surface area contributed by atoms with E-state index in [9.17, 15) is 14.2 Å². The van der Waals surface area contributed by atoms with Crippen LogP contribution in [0.4, 0.5) is 4.39 Å². The van der Waals surface area contributed by atoms with Crippen LogP contribution >= 0.6 is 0 Å². The highest BCUT2D eigenvalue weighted by molar-refractivity contribution is 6.28. The third-order valence-electron chi connectivity index (χ3n) is 3.89. The number of amides is 1. The highest BCUT2D eigenvalue weighted by Crippen LogP contribution is 2.24. The molecule has 1 aromatic heterocycles. The number of furan rings is 1. The first-order valence-electron chi connectivity index (χ1n) is 7.76. The Bertz CT molecular complexity index is 835. The molecule has 0 spiro atoms. The number of benzene rings is 2. The summed E-state index contributed by atoms with van der Waals surface area (Å²) in [5.41, 5.74) is 1.85. The first-order valence-corrected chi connectivity index (χ1v) is 7.76. The molecule has 2 N–H and O–H groups in total. The maximum atomic E-state index is 13.7. The molecule has 0 saturated heterocycles. The van der Waals surface area contributed by atoms with Crippen molar-refractivity contribution < 1.29 is 18.6 Å². The van der Waals surface area contributed by atoms with Gasteiger partial charge in [-0.15, -0.1) is 0 Å².